The summed E-state index contributed by atoms with van der Waals surface area (Å²) in [4.78, 5) is 12.3. The van der Waals surface area contributed by atoms with Gasteiger partial charge >= 0.3 is 0 Å². The van der Waals surface area contributed by atoms with Gasteiger partial charge in [0, 0.05) is 24.8 Å². The lowest BCUT2D eigenvalue weighted by Crippen LogP contribution is -2.22. The molecule has 0 fully saturated rings. The van der Waals surface area contributed by atoms with Crippen LogP contribution in [0.4, 0.5) is 0 Å². The number of halogens is 1. The van der Waals surface area contributed by atoms with Crippen molar-refractivity contribution in [1.82, 2.24) is 24.9 Å². The highest BCUT2D eigenvalue weighted by atomic mass is 35.5. The van der Waals surface area contributed by atoms with Crippen molar-refractivity contribution in [3.63, 3.8) is 0 Å². The molecule has 3 aromatic heterocycles. The molecular weight excluding hydrogens is 354 g/mol. The number of amides is 1. The summed E-state index contributed by atoms with van der Waals surface area (Å²) in [5, 5.41) is 12.3. The van der Waals surface area contributed by atoms with Gasteiger partial charge in [0.05, 0.1) is 28.6 Å². The Bertz CT molecular complexity index is 938. The van der Waals surface area contributed by atoms with Crippen LogP contribution in [0.2, 0.25) is 5.02 Å². The average molecular weight is 376 g/mol. The fraction of sp³-hybridized carbons (Fsp3) is 0.389. The molecule has 3 rings (SSSR count). The van der Waals surface area contributed by atoms with Gasteiger partial charge in [-0.2, -0.15) is 10.2 Å². The first-order valence-corrected chi connectivity index (χ1v) is 8.86. The second-order valence-electron chi connectivity index (χ2n) is 6.19. The second kappa shape index (κ2) is 7.37. The predicted octanol–water partition coefficient (Wildman–Crippen LogP) is 3.25. The Morgan fingerprint density at radius 1 is 1.23 bits per heavy atom. The van der Waals surface area contributed by atoms with Crippen molar-refractivity contribution in [3.8, 4) is 0 Å². The summed E-state index contributed by atoms with van der Waals surface area (Å²) in [6.45, 7) is 9.34. The van der Waals surface area contributed by atoms with E-state index >= 15 is 0 Å². The average Bonchev–Trinajstić information content (AvgIpc) is 3.29. The molecule has 1 N–H and O–H groups in total. The number of aryl methyl sites for hydroxylation is 3. The van der Waals surface area contributed by atoms with Crippen LogP contribution in [-0.2, 0) is 19.6 Å². The molecule has 0 saturated heterocycles. The summed E-state index contributed by atoms with van der Waals surface area (Å²) >= 11 is 6.16. The molecular formula is C18H22ClN5O2. The van der Waals surface area contributed by atoms with Crippen molar-refractivity contribution in [2.45, 2.75) is 47.3 Å². The molecule has 0 aromatic carbocycles. The molecule has 8 heteroatoms. The molecule has 0 spiro atoms. The number of carbonyl (C=O) groups is 1. The molecule has 0 radical (unpaired) electrons. The van der Waals surface area contributed by atoms with E-state index in [1.807, 2.05) is 38.6 Å². The third-order valence-corrected chi connectivity index (χ3v) is 4.84. The highest BCUT2D eigenvalue weighted by Crippen LogP contribution is 2.20. The van der Waals surface area contributed by atoms with Crippen LogP contribution in [0, 0.1) is 20.8 Å². The number of hydrogen-bond donors (Lipinski definition) is 1. The predicted molar refractivity (Wildman–Crippen MR) is 98.3 cm³/mol. The molecule has 3 heterocycles. The smallest absolute Gasteiger partial charge is 0.287 e. The van der Waals surface area contributed by atoms with E-state index in [1.54, 1.807) is 16.8 Å². The maximum atomic E-state index is 12.3. The first-order chi connectivity index (χ1) is 12.4. The minimum absolute atomic E-state index is 0.258. The molecule has 26 heavy (non-hydrogen) atoms. The molecule has 0 saturated carbocycles. The van der Waals surface area contributed by atoms with Gasteiger partial charge in [-0.1, -0.05) is 11.6 Å². The highest BCUT2D eigenvalue weighted by Gasteiger charge is 2.15. The third-order valence-electron chi connectivity index (χ3n) is 4.30. The Morgan fingerprint density at radius 3 is 2.62 bits per heavy atom. The van der Waals surface area contributed by atoms with E-state index in [4.69, 9.17) is 16.0 Å². The van der Waals surface area contributed by atoms with Crippen molar-refractivity contribution in [2.24, 2.45) is 0 Å². The molecule has 1 amide bonds. The van der Waals surface area contributed by atoms with E-state index in [2.05, 4.69) is 15.5 Å². The second-order valence-corrected chi connectivity index (χ2v) is 6.56. The van der Waals surface area contributed by atoms with Crippen LogP contribution < -0.4 is 5.32 Å². The van der Waals surface area contributed by atoms with Gasteiger partial charge < -0.3 is 9.73 Å². The largest absolute Gasteiger partial charge is 0.454 e. The van der Waals surface area contributed by atoms with Gasteiger partial charge in [-0.25, -0.2) is 0 Å². The molecule has 3 aromatic rings. The summed E-state index contributed by atoms with van der Waals surface area (Å²) < 4.78 is 9.27. The maximum Gasteiger partial charge on any atom is 0.287 e. The minimum atomic E-state index is -0.258. The van der Waals surface area contributed by atoms with Crippen LogP contribution in [0.15, 0.2) is 22.7 Å². The number of furan rings is 1. The maximum absolute atomic E-state index is 12.3. The Morgan fingerprint density at radius 2 is 2.00 bits per heavy atom. The fourth-order valence-corrected chi connectivity index (χ4v) is 2.85. The first kappa shape index (κ1) is 18.3. The summed E-state index contributed by atoms with van der Waals surface area (Å²) in [6, 6.07) is 3.44. The number of aromatic nitrogens is 4. The molecule has 0 bridgehead atoms. The van der Waals surface area contributed by atoms with Gasteiger partial charge in [-0.15, -0.1) is 0 Å². The molecule has 0 unspecified atom stereocenters. The van der Waals surface area contributed by atoms with E-state index in [9.17, 15) is 4.79 Å². The Labute approximate surface area is 156 Å². The van der Waals surface area contributed by atoms with Gasteiger partial charge in [0.25, 0.3) is 5.91 Å². The summed E-state index contributed by atoms with van der Waals surface area (Å²) in [6.07, 6.45) is 1.94. The molecule has 7 nitrogen and oxygen atoms in total. The van der Waals surface area contributed by atoms with Crippen LogP contribution in [-0.4, -0.2) is 25.5 Å². The Kier molecular flexibility index (Phi) is 5.18. The van der Waals surface area contributed by atoms with Crippen molar-refractivity contribution >= 4 is 17.5 Å². The van der Waals surface area contributed by atoms with E-state index in [0.29, 0.717) is 23.9 Å². The van der Waals surface area contributed by atoms with Crippen molar-refractivity contribution < 1.29 is 9.21 Å². The molecule has 0 aliphatic rings. The fourth-order valence-electron chi connectivity index (χ4n) is 2.72. The summed E-state index contributed by atoms with van der Waals surface area (Å²) in [7, 11) is 0. The minimum Gasteiger partial charge on any atom is -0.454 e. The number of nitrogens with zero attached hydrogens (tertiary/aromatic N) is 4. The van der Waals surface area contributed by atoms with Crippen LogP contribution in [0.25, 0.3) is 0 Å². The zero-order chi connectivity index (χ0) is 18.8. The number of carbonyl (C=O) groups excluding carboxylic acids is 1. The number of rotatable bonds is 6. The van der Waals surface area contributed by atoms with Crippen molar-refractivity contribution in [3.05, 3.63) is 57.5 Å². The quantitative estimate of drug-likeness (QED) is 0.717. The lowest BCUT2D eigenvalue weighted by Gasteiger charge is -2.03. The van der Waals surface area contributed by atoms with Gasteiger partial charge in [-0.3, -0.25) is 14.2 Å². The summed E-state index contributed by atoms with van der Waals surface area (Å²) in [5.41, 5.74) is 3.55. The van der Waals surface area contributed by atoms with Crippen molar-refractivity contribution in [2.75, 3.05) is 0 Å². The molecule has 0 aliphatic heterocycles. The topological polar surface area (TPSA) is 77.9 Å². The lowest BCUT2D eigenvalue weighted by atomic mass is 10.2. The first-order valence-electron chi connectivity index (χ1n) is 8.48. The number of hydrogen-bond acceptors (Lipinski definition) is 4. The third kappa shape index (κ3) is 3.67. The molecule has 0 atom stereocenters. The van der Waals surface area contributed by atoms with Crippen LogP contribution >= 0.6 is 11.6 Å². The lowest BCUT2D eigenvalue weighted by molar-refractivity contribution is 0.0921. The van der Waals surface area contributed by atoms with Crippen LogP contribution in [0.3, 0.4) is 0 Å². The normalized spacial score (nSPS) is 11.1. The summed E-state index contributed by atoms with van der Waals surface area (Å²) in [5.74, 6) is 0.659. The van der Waals surface area contributed by atoms with Crippen molar-refractivity contribution in [1.29, 1.82) is 0 Å². The monoisotopic (exact) mass is 375 g/mol. The van der Waals surface area contributed by atoms with Gasteiger partial charge in [0.15, 0.2) is 5.76 Å². The highest BCUT2D eigenvalue weighted by molar-refractivity contribution is 6.31. The van der Waals surface area contributed by atoms with Crippen LogP contribution in [0.1, 0.15) is 45.9 Å². The van der Waals surface area contributed by atoms with E-state index < -0.39 is 0 Å². The zero-order valence-corrected chi connectivity index (χ0v) is 16.1. The van der Waals surface area contributed by atoms with Gasteiger partial charge in [0.1, 0.15) is 5.76 Å². The number of nitrogens with one attached hydrogen (secondary N) is 1. The zero-order valence-electron chi connectivity index (χ0n) is 15.3. The Hall–Kier alpha value is -2.54. The van der Waals surface area contributed by atoms with E-state index in [1.165, 1.54) is 0 Å². The molecule has 138 valence electrons. The van der Waals surface area contributed by atoms with E-state index in [0.717, 1.165) is 29.2 Å². The SMILES string of the molecule is CCn1cc(CNC(=O)c2ccc(Cn3nc(C)c(Cl)c3C)o2)c(C)n1. The Balaban J connectivity index is 1.64. The van der Waals surface area contributed by atoms with Gasteiger partial charge in [-0.05, 0) is 39.8 Å². The van der Waals surface area contributed by atoms with Crippen LogP contribution in [0.5, 0.6) is 0 Å². The van der Waals surface area contributed by atoms with Gasteiger partial charge in [0.2, 0.25) is 0 Å². The standard InChI is InChI=1S/C18H22ClN5O2/c1-5-23-9-14(11(2)21-23)8-20-18(25)16-7-6-15(26-16)10-24-13(4)17(19)12(3)22-24/h6-7,9H,5,8,10H2,1-4H3,(H,20,25). The molecule has 0 aliphatic carbocycles. The van der Waals surface area contributed by atoms with E-state index in [-0.39, 0.29) is 11.7 Å².